The molecule has 0 aliphatic heterocycles. The summed E-state index contributed by atoms with van der Waals surface area (Å²) in [4.78, 5) is 23.8. The van der Waals surface area contributed by atoms with Crippen molar-refractivity contribution in [3.8, 4) is 0 Å². The van der Waals surface area contributed by atoms with E-state index in [0.717, 1.165) is 31.1 Å². The molecule has 4 aliphatic carbocycles. The second-order valence-corrected chi connectivity index (χ2v) is 10.9. The molecule has 29 heavy (non-hydrogen) atoms. The zero-order valence-electron chi connectivity index (χ0n) is 18.9. The minimum Gasteiger partial charge on any atom is -0.462 e. The summed E-state index contributed by atoms with van der Waals surface area (Å²) >= 11 is 0. The highest BCUT2D eigenvalue weighted by atomic mass is 16.5. The predicted molar refractivity (Wildman–Crippen MR) is 112 cm³/mol. The van der Waals surface area contributed by atoms with Gasteiger partial charge >= 0.3 is 11.9 Å². The first-order chi connectivity index (χ1) is 13.8. The van der Waals surface area contributed by atoms with Crippen LogP contribution in [0.2, 0.25) is 0 Å². The minimum absolute atomic E-state index is 0.0328. The van der Waals surface area contributed by atoms with Gasteiger partial charge in [0.25, 0.3) is 0 Å². The number of carbonyl (C=O) groups excluding carboxylic acids is 2. The summed E-state index contributed by atoms with van der Waals surface area (Å²) in [6.45, 7) is 8.72. The highest BCUT2D eigenvalue weighted by molar-refractivity contribution is 5.69. The zero-order valence-corrected chi connectivity index (χ0v) is 18.9. The number of hydrogen-bond donors (Lipinski definition) is 0. The van der Waals surface area contributed by atoms with E-state index in [1.165, 1.54) is 38.5 Å². The van der Waals surface area contributed by atoms with Crippen LogP contribution in [0.5, 0.6) is 0 Å². The number of rotatable bonds is 4. The van der Waals surface area contributed by atoms with E-state index in [0.29, 0.717) is 30.1 Å². The Balaban J connectivity index is 1.47. The van der Waals surface area contributed by atoms with Gasteiger partial charge < -0.3 is 9.47 Å². The summed E-state index contributed by atoms with van der Waals surface area (Å²) in [5, 5.41) is 0. The zero-order chi connectivity index (χ0) is 20.8. The second-order valence-electron chi connectivity index (χ2n) is 10.9. The van der Waals surface area contributed by atoms with E-state index < -0.39 is 0 Å². The lowest BCUT2D eigenvalue weighted by Gasteiger charge is -2.60. The maximum Gasteiger partial charge on any atom is 0.305 e. The summed E-state index contributed by atoms with van der Waals surface area (Å²) in [7, 11) is 0. The Labute approximate surface area is 176 Å². The maximum atomic E-state index is 12.0. The molecule has 4 heteroatoms. The summed E-state index contributed by atoms with van der Waals surface area (Å²) in [5.41, 5.74) is 0.556. The van der Waals surface area contributed by atoms with Crippen molar-refractivity contribution in [2.75, 3.05) is 0 Å². The molecule has 0 spiro atoms. The van der Waals surface area contributed by atoms with Gasteiger partial charge in [-0.3, -0.25) is 9.59 Å². The minimum atomic E-state index is -0.0423. The molecule has 0 heterocycles. The first-order valence-corrected chi connectivity index (χ1v) is 12.2. The topological polar surface area (TPSA) is 52.6 Å². The van der Waals surface area contributed by atoms with E-state index in [4.69, 9.17) is 9.47 Å². The van der Waals surface area contributed by atoms with Crippen molar-refractivity contribution in [3.63, 3.8) is 0 Å². The molecule has 4 rings (SSSR count). The summed E-state index contributed by atoms with van der Waals surface area (Å²) in [5.74, 6) is 2.86. The number of ether oxygens (including phenoxy) is 2. The van der Waals surface area contributed by atoms with Crippen LogP contribution in [0.25, 0.3) is 0 Å². The van der Waals surface area contributed by atoms with Gasteiger partial charge in [-0.1, -0.05) is 27.7 Å². The van der Waals surface area contributed by atoms with Gasteiger partial charge in [-0.25, -0.2) is 0 Å². The molecule has 0 unspecified atom stereocenters. The van der Waals surface area contributed by atoms with Gasteiger partial charge in [0.15, 0.2) is 0 Å². The van der Waals surface area contributed by atoms with Crippen molar-refractivity contribution in [1.82, 2.24) is 0 Å². The van der Waals surface area contributed by atoms with E-state index >= 15 is 0 Å². The average Bonchev–Trinajstić information content (AvgIpc) is 3.04. The van der Waals surface area contributed by atoms with Crippen LogP contribution in [0.4, 0.5) is 0 Å². The fraction of sp³-hybridized carbons (Fsp3) is 0.920. The molecule has 0 radical (unpaired) electrons. The molecule has 8 atom stereocenters. The molecule has 4 nitrogen and oxygen atoms in total. The van der Waals surface area contributed by atoms with Crippen molar-refractivity contribution in [1.29, 1.82) is 0 Å². The Bertz CT molecular complexity index is 645. The third kappa shape index (κ3) is 3.53. The Hall–Kier alpha value is -1.06. The lowest BCUT2D eigenvalue weighted by Crippen LogP contribution is -2.54. The molecule has 4 saturated carbocycles. The lowest BCUT2D eigenvalue weighted by atomic mass is 9.45. The fourth-order valence-electron chi connectivity index (χ4n) is 7.98. The van der Waals surface area contributed by atoms with E-state index in [-0.39, 0.29) is 29.6 Å². The van der Waals surface area contributed by atoms with E-state index in [1.54, 1.807) is 0 Å². The monoisotopic (exact) mass is 404 g/mol. The van der Waals surface area contributed by atoms with Crippen LogP contribution < -0.4 is 0 Å². The van der Waals surface area contributed by atoms with E-state index in [9.17, 15) is 9.59 Å². The molecule has 0 N–H and O–H groups in total. The van der Waals surface area contributed by atoms with E-state index in [2.05, 4.69) is 13.8 Å². The highest BCUT2D eigenvalue weighted by Gasteiger charge is 2.61. The number of hydrogen-bond acceptors (Lipinski definition) is 4. The number of fused-ring (bicyclic) bond motifs is 5. The molecule has 0 bridgehead atoms. The number of carbonyl (C=O) groups is 2. The van der Waals surface area contributed by atoms with Gasteiger partial charge in [0.2, 0.25) is 0 Å². The third-order valence-electron chi connectivity index (χ3n) is 9.68. The van der Waals surface area contributed by atoms with Gasteiger partial charge in [-0.05, 0) is 86.9 Å². The van der Waals surface area contributed by atoms with Crippen LogP contribution in [-0.2, 0) is 19.1 Å². The third-order valence-corrected chi connectivity index (χ3v) is 9.68. The summed E-state index contributed by atoms with van der Waals surface area (Å²) in [6, 6.07) is 0. The van der Waals surface area contributed by atoms with Crippen molar-refractivity contribution in [3.05, 3.63) is 0 Å². The fourth-order valence-corrected chi connectivity index (χ4v) is 7.98. The van der Waals surface area contributed by atoms with Gasteiger partial charge in [-0.15, -0.1) is 0 Å². The summed E-state index contributed by atoms with van der Waals surface area (Å²) < 4.78 is 11.6. The average molecular weight is 405 g/mol. The molecule has 4 aliphatic rings. The van der Waals surface area contributed by atoms with Crippen LogP contribution in [-0.4, -0.2) is 24.1 Å². The first-order valence-electron chi connectivity index (χ1n) is 12.2. The molecule has 0 amide bonds. The van der Waals surface area contributed by atoms with Crippen molar-refractivity contribution >= 4 is 11.9 Å². The number of esters is 2. The maximum absolute atomic E-state index is 12.0. The van der Waals surface area contributed by atoms with Crippen LogP contribution in [0.1, 0.15) is 98.3 Å². The standard InChI is InChI=1S/C25H40O4/c1-5-22(26)28-17-11-13-24(3)16(15-17)7-8-18-19-9-10-21(29-23(27)6-2)25(19,4)14-12-20(18)24/h16-21H,5-15H2,1-4H3/t16-,17+,18-,19-,20-,21-,24-,25-/m0/s1. The van der Waals surface area contributed by atoms with Crippen molar-refractivity contribution in [2.24, 2.45) is 34.5 Å². The Morgan fingerprint density at radius 1 is 0.793 bits per heavy atom. The molecule has 164 valence electrons. The molecule has 0 aromatic rings. The predicted octanol–water partition coefficient (Wildman–Crippen LogP) is 5.67. The molecule has 0 aromatic heterocycles. The molecule has 0 saturated heterocycles. The molecule has 4 fully saturated rings. The Kier molecular flexibility index (Phi) is 5.76. The van der Waals surface area contributed by atoms with Gasteiger partial charge in [-0.2, -0.15) is 0 Å². The SMILES string of the molecule is CCC(=O)O[C@@H]1CC[C@@]2(C)[C@@H](CC[C@@H]3[C@@H]2CC[C@]2(C)[C@@H](OC(=O)CC)CC[C@@H]32)C1. The second kappa shape index (κ2) is 7.89. The summed E-state index contributed by atoms with van der Waals surface area (Å²) in [6.07, 6.45) is 11.8. The normalized spacial score (nSPS) is 46.2. The first kappa shape index (κ1) is 21.2. The van der Waals surface area contributed by atoms with Crippen LogP contribution in [0.15, 0.2) is 0 Å². The van der Waals surface area contributed by atoms with Crippen LogP contribution >= 0.6 is 0 Å². The van der Waals surface area contributed by atoms with Crippen molar-refractivity contribution < 1.29 is 19.1 Å². The van der Waals surface area contributed by atoms with Gasteiger partial charge in [0.05, 0.1) is 0 Å². The smallest absolute Gasteiger partial charge is 0.305 e. The van der Waals surface area contributed by atoms with E-state index in [1.807, 2.05) is 13.8 Å². The largest absolute Gasteiger partial charge is 0.462 e. The molecule has 0 aromatic carbocycles. The molecular formula is C25H40O4. The lowest BCUT2D eigenvalue weighted by molar-refractivity contribution is -0.169. The van der Waals surface area contributed by atoms with Gasteiger partial charge in [0.1, 0.15) is 12.2 Å². The van der Waals surface area contributed by atoms with Crippen molar-refractivity contribution in [2.45, 2.75) is 111 Å². The highest BCUT2D eigenvalue weighted by Crippen LogP contribution is 2.66. The Morgan fingerprint density at radius 2 is 1.45 bits per heavy atom. The van der Waals surface area contributed by atoms with Crippen LogP contribution in [0, 0.1) is 34.5 Å². The van der Waals surface area contributed by atoms with Crippen LogP contribution in [0.3, 0.4) is 0 Å². The Morgan fingerprint density at radius 3 is 2.17 bits per heavy atom. The quantitative estimate of drug-likeness (QED) is 0.566. The van der Waals surface area contributed by atoms with Gasteiger partial charge in [0, 0.05) is 18.3 Å². The molecular weight excluding hydrogens is 364 g/mol.